The van der Waals surface area contributed by atoms with E-state index in [1.54, 1.807) is 12.3 Å². The number of benzene rings is 2. The van der Waals surface area contributed by atoms with Crippen LogP contribution >= 0.6 is 23.2 Å². The number of fused-ring (bicyclic) bond motifs is 1. The molecule has 0 atom stereocenters. The second kappa shape index (κ2) is 7.24. The molecule has 0 N–H and O–H groups in total. The van der Waals surface area contributed by atoms with Crippen LogP contribution < -0.4 is 4.90 Å². The summed E-state index contributed by atoms with van der Waals surface area (Å²) < 4.78 is 27.3. The Kier molecular flexibility index (Phi) is 4.94. The third kappa shape index (κ3) is 3.60. The lowest BCUT2D eigenvalue weighted by Crippen LogP contribution is -2.49. The molecular formula is C18H16Cl2N4O2S. The molecule has 4 rings (SSSR count). The number of anilines is 1. The number of rotatable bonds is 3. The summed E-state index contributed by atoms with van der Waals surface area (Å²) in [6.07, 6.45) is 1.72. The van der Waals surface area contributed by atoms with Gasteiger partial charge in [-0.2, -0.15) is 4.31 Å². The number of para-hydroxylation sites is 2. The summed E-state index contributed by atoms with van der Waals surface area (Å²) in [5.74, 6) is 0.742. The first-order valence-corrected chi connectivity index (χ1v) is 10.6. The molecule has 140 valence electrons. The Morgan fingerprint density at radius 2 is 1.63 bits per heavy atom. The van der Waals surface area contributed by atoms with Gasteiger partial charge >= 0.3 is 0 Å². The molecule has 0 radical (unpaired) electrons. The first-order chi connectivity index (χ1) is 12.9. The van der Waals surface area contributed by atoms with E-state index in [-0.39, 0.29) is 9.92 Å². The molecule has 0 aliphatic carbocycles. The van der Waals surface area contributed by atoms with Crippen molar-refractivity contribution in [2.24, 2.45) is 0 Å². The van der Waals surface area contributed by atoms with Crippen LogP contribution in [0.15, 0.2) is 53.6 Å². The number of piperazine rings is 1. The highest BCUT2D eigenvalue weighted by Crippen LogP contribution is 2.28. The molecule has 1 aromatic heterocycles. The third-order valence-corrected chi connectivity index (χ3v) is 7.12. The molecule has 0 bridgehead atoms. The SMILES string of the molecule is O=S(=O)(c1cc(Cl)ccc1Cl)N1CCN(c2cnc3ccccc3n2)CC1. The molecule has 0 amide bonds. The Morgan fingerprint density at radius 3 is 2.37 bits per heavy atom. The average Bonchev–Trinajstić information content (AvgIpc) is 2.69. The van der Waals surface area contributed by atoms with Crippen LogP contribution in [0.3, 0.4) is 0 Å². The van der Waals surface area contributed by atoms with Gasteiger partial charge < -0.3 is 4.90 Å². The summed E-state index contributed by atoms with van der Waals surface area (Å²) >= 11 is 12.0. The molecule has 2 heterocycles. The van der Waals surface area contributed by atoms with Crippen LogP contribution in [0.1, 0.15) is 0 Å². The van der Waals surface area contributed by atoms with Gasteiger partial charge in [-0.25, -0.2) is 13.4 Å². The molecule has 1 aliphatic heterocycles. The Morgan fingerprint density at radius 1 is 0.926 bits per heavy atom. The van der Waals surface area contributed by atoms with E-state index >= 15 is 0 Å². The molecule has 2 aromatic carbocycles. The predicted molar refractivity (Wildman–Crippen MR) is 107 cm³/mol. The molecule has 0 unspecified atom stereocenters. The van der Waals surface area contributed by atoms with E-state index in [9.17, 15) is 8.42 Å². The summed E-state index contributed by atoms with van der Waals surface area (Å²) in [7, 11) is -3.70. The molecule has 1 saturated heterocycles. The first-order valence-electron chi connectivity index (χ1n) is 8.37. The number of hydrogen-bond donors (Lipinski definition) is 0. The maximum atomic E-state index is 12.9. The van der Waals surface area contributed by atoms with Crippen LogP contribution in [0, 0.1) is 0 Å². The smallest absolute Gasteiger partial charge is 0.244 e. The van der Waals surface area contributed by atoms with Crippen molar-refractivity contribution in [3.8, 4) is 0 Å². The van der Waals surface area contributed by atoms with Crippen molar-refractivity contribution >= 4 is 50.1 Å². The van der Waals surface area contributed by atoms with Gasteiger partial charge in [-0.3, -0.25) is 4.98 Å². The number of hydrogen-bond acceptors (Lipinski definition) is 5. The molecule has 27 heavy (non-hydrogen) atoms. The summed E-state index contributed by atoms with van der Waals surface area (Å²) in [5.41, 5.74) is 1.65. The predicted octanol–water partition coefficient (Wildman–Crippen LogP) is 3.45. The van der Waals surface area contributed by atoms with E-state index in [1.165, 1.54) is 16.4 Å². The van der Waals surface area contributed by atoms with E-state index in [1.807, 2.05) is 29.2 Å². The quantitative estimate of drug-likeness (QED) is 0.646. The van der Waals surface area contributed by atoms with Gasteiger partial charge in [0.2, 0.25) is 10.0 Å². The van der Waals surface area contributed by atoms with Crippen molar-refractivity contribution in [1.82, 2.24) is 14.3 Å². The van der Waals surface area contributed by atoms with Crippen molar-refractivity contribution in [3.05, 3.63) is 58.7 Å². The van der Waals surface area contributed by atoms with E-state index in [4.69, 9.17) is 23.2 Å². The highest BCUT2D eigenvalue weighted by molar-refractivity contribution is 7.89. The normalized spacial score (nSPS) is 16.0. The largest absolute Gasteiger partial charge is 0.353 e. The van der Waals surface area contributed by atoms with Crippen LogP contribution in [-0.4, -0.2) is 48.9 Å². The Labute approximate surface area is 167 Å². The van der Waals surface area contributed by atoms with Crippen molar-refractivity contribution in [3.63, 3.8) is 0 Å². The summed E-state index contributed by atoms with van der Waals surface area (Å²) in [5, 5.41) is 0.505. The van der Waals surface area contributed by atoms with Gasteiger partial charge in [0, 0.05) is 31.2 Å². The van der Waals surface area contributed by atoms with Gasteiger partial charge in [0.25, 0.3) is 0 Å². The molecule has 1 aliphatic rings. The van der Waals surface area contributed by atoms with Crippen LogP contribution in [-0.2, 0) is 10.0 Å². The minimum Gasteiger partial charge on any atom is -0.353 e. The van der Waals surface area contributed by atoms with Crippen LogP contribution in [0.2, 0.25) is 10.0 Å². The lowest BCUT2D eigenvalue weighted by Gasteiger charge is -2.34. The lowest BCUT2D eigenvalue weighted by molar-refractivity contribution is 0.384. The topological polar surface area (TPSA) is 66.4 Å². The Hall–Kier alpha value is -1.93. The van der Waals surface area contributed by atoms with Gasteiger partial charge in [-0.15, -0.1) is 0 Å². The zero-order valence-corrected chi connectivity index (χ0v) is 16.5. The second-order valence-corrected chi connectivity index (χ2v) is 8.93. The van der Waals surface area contributed by atoms with Crippen molar-refractivity contribution < 1.29 is 8.42 Å². The van der Waals surface area contributed by atoms with Crippen LogP contribution in [0.25, 0.3) is 11.0 Å². The standard InChI is InChI=1S/C18H16Cl2N4O2S/c19-13-5-6-14(20)17(11-13)27(25,26)24-9-7-23(8-10-24)18-12-21-15-3-1-2-4-16(15)22-18/h1-6,11-12H,7-10H2. The van der Waals surface area contributed by atoms with Crippen molar-refractivity contribution in [2.75, 3.05) is 31.1 Å². The Bertz CT molecular complexity index is 1100. The zero-order valence-electron chi connectivity index (χ0n) is 14.2. The number of halogens is 2. The summed E-state index contributed by atoms with van der Waals surface area (Å²) in [6.45, 7) is 1.70. The fourth-order valence-corrected chi connectivity index (χ4v) is 5.23. The maximum Gasteiger partial charge on any atom is 0.244 e. The minimum atomic E-state index is -3.70. The fraction of sp³-hybridized carbons (Fsp3) is 0.222. The van der Waals surface area contributed by atoms with Gasteiger partial charge in [0.1, 0.15) is 10.7 Å². The molecule has 6 nitrogen and oxygen atoms in total. The van der Waals surface area contributed by atoms with Crippen LogP contribution in [0.4, 0.5) is 5.82 Å². The van der Waals surface area contributed by atoms with Crippen LogP contribution in [0.5, 0.6) is 0 Å². The van der Waals surface area contributed by atoms with Crippen molar-refractivity contribution in [1.29, 1.82) is 0 Å². The first kappa shape index (κ1) is 18.4. The highest BCUT2D eigenvalue weighted by Gasteiger charge is 2.30. The van der Waals surface area contributed by atoms with Gasteiger partial charge in [-0.05, 0) is 30.3 Å². The van der Waals surface area contributed by atoms with E-state index < -0.39 is 10.0 Å². The molecule has 9 heteroatoms. The third-order valence-electron chi connectivity index (χ3n) is 4.51. The number of aromatic nitrogens is 2. The second-order valence-electron chi connectivity index (χ2n) is 6.18. The molecule has 0 spiro atoms. The van der Waals surface area contributed by atoms with Gasteiger partial charge in [-0.1, -0.05) is 35.3 Å². The summed E-state index contributed by atoms with van der Waals surface area (Å²) in [6, 6.07) is 12.1. The molecule has 3 aromatic rings. The molecular weight excluding hydrogens is 407 g/mol. The van der Waals surface area contributed by atoms with Gasteiger partial charge in [0.15, 0.2) is 0 Å². The number of nitrogens with zero attached hydrogens (tertiary/aromatic N) is 4. The Balaban J connectivity index is 1.53. The van der Waals surface area contributed by atoms with E-state index in [2.05, 4.69) is 9.97 Å². The maximum absolute atomic E-state index is 12.9. The molecule has 1 fully saturated rings. The van der Waals surface area contributed by atoms with Crippen molar-refractivity contribution in [2.45, 2.75) is 4.90 Å². The minimum absolute atomic E-state index is 0.0376. The van der Waals surface area contributed by atoms with E-state index in [0.29, 0.717) is 31.2 Å². The monoisotopic (exact) mass is 422 g/mol. The number of sulfonamides is 1. The highest BCUT2D eigenvalue weighted by atomic mass is 35.5. The van der Waals surface area contributed by atoms with Gasteiger partial charge in [0.05, 0.1) is 22.3 Å². The lowest BCUT2D eigenvalue weighted by atomic mass is 10.3. The zero-order chi connectivity index (χ0) is 19.0. The fourth-order valence-electron chi connectivity index (χ4n) is 3.07. The summed E-state index contributed by atoms with van der Waals surface area (Å²) in [4.78, 5) is 11.1. The van der Waals surface area contributed by atoms with E-state index in [0.717, 1.165) is 16.9 Å². The average molecular weight is 423 g/mol. The molecule has 0 saturated carbocycles.